The molecule has 0 aromatic rings. The van der Waals surface area contributed by atoms with Gasteiger partial charge in [-0.05, 0) is 30.5 Å². The van der Waals surface area contributed by atoms with Gasteiger partial charge in [-0.3, -0.25) is 9.69 Å². The molecule has 0 unspecified atom stereocenters. The lowest BCUT2D eigenvalue weighted by Crippen LogP contribution is -2.31. The number of hydrogen-bond acceptors (Lipinski definition) is 5. The van der Waals surface area contributed by atoms with Crippen LogP contribution in [0.15, 0.2) is 0 Å². The summed E-state index contributed by atoms with van der Waals surface area (Å²) in [5.74, 6) is -0.321. The molecule has 0 aliphatic heterocycles. The molecule has 6 N–H and O–H groups in total. The Labute approximate surface area is 125 Å². The number of amides is 2. The van der Waals surface area contributed by atoms with Crippen LogP contribution in [0.4, 0.5) is 4.79 Å². The van der Waals surface area contributed by atoms with Crippen LogP contribution in [0.25, 0.3) is 0 Å². The Hall–Kier alpha value is -0.000000000000000305. The number of nitrogens with zero attached hydrogens (tertiary/aromatic N) is 1. The monoisotopic (exact) mass is 373 g/mol. The van der Waals surface area contributed by atoms with Gasteiger partial charge in [0.15, 0.2) is 0 Å². The minimum Gasteiger partial charge on any atom is -0.449 e. The molecule has 0 aromatic heterocycles. The van der Waals surface area contributed by atoms with Crippen LogP contribution in [0.3, 0.4) is 0 Å². The lowest BCUT2D eigenvalue weighted by molar-refractivity contribution is -0.126. The highest BCUT2D eigenvalue weighted by atomic mass is 32.5. The topological polar surface area (TPSA) is 168 Å². The normalized spacial score (nSPS) is 10.2. The van der Waals surface area contributed by atoms with Gasteiger partial charge in [-0.1, -0.05) is 0 Å². The second-order valence-corrected chi connectivity index (χ2v) is 7.80. The van der Waals surface area contributed by atoms with Crippen LogP contribution in [0, 0.1) is 0 Å². The van der Waals surface area contributed by atoms with E-state index >= 15 is 0 Å². The van der Waals surface area contributed by atoms with Crippen molar-refractivity contribution in [1.29, 1.82) is 0 Å². The van der Waals surface area contributed by atoms with Gasteiger partial charge in [0.25, 0.3) is 0 Å². The first-order valence-corrected chi connectivity index (χ1v) is 9.89. The third-order valence-electron chi connectivity index (χ3n) is 1.01. The molecule has 0 fully saturated rings. The summed E-state index contributed by atoms with van der Waals surface area (Å²) in [6, 6.07) is 0. The summed E-state index contributed by atoms with van der Waals surface area (Å²) in [6.07, 6.45) is -0.602. The third-order valence-corrected chi connectivity index (χ3v) is 1.01. The Morgan fingerprint density at radius 3 is 1.45 bits per heavy atom. The van der Waals surface area contributed by atoms with Crippen molar-refractivity contribution in [2.24, 2.45) is 0 Å². The second-order valence-electron chi connectivity index (χ2n) is 2.80. The fraction of sp³-hybridized carbons (Fsp3) is 0.667. The lowest BCUT2D eigenvalue weighted by Gasteiger charge is -2.10. The van der Waals surface area contributed by atoms with Gasteiger partial charge < -0.3 is 34.1 Å². The van der Waals surface area contributed by atoms with Crippen molar-refractivity contribution < 1.29 is 43.7 Å². The van der Waals surface area contributed by atoms with Gasteiger partial charge in [-0.15, -0.1) is 0 Å². The summed E-state index contributed by atoms with van der Waals surface area (Å²) < 4.78 is 4.53. The zero-order chi connectivity index (χ0) is 17.1. The summed E-state index contributed by atoms with van der Waals surface area (Å²) >= 11 is 7.21. The van der Waals surface area contributed by atoms with Gasteiger partial charge in [-0.25, -0.2) is 4.79 Å². The minimum atomic E-state index is -3.81. The van der Waals surface area contributed by atoms with Crippen LogP contribution in [-0.2, 0) is 33.1 Å². The van der Waals surface area contributed by atoms with E-state index in [9.17, 15) is 9.59 Å². The second kappa shape index (κ2) is 11.6. The maximum absolute atomic E-state index is 10.7. The van der Waals surface area contributed by atoms with Crippen molar-refractivity contribution in [1.82, 2.24) is 4.90 Å². The minimum absolute atomic E-state index is 0.288. The molecule has 0 radical (unpaired) electrons. The largest absolute Gasteiger partial charge is 0.449 e. The van der Waals surface area contributed by atoms with Crippen molar-refractivity contribution >= 4 is 49.1 Å². The average molecular weight is 373 g/mol. The molecular formula is C6H17NO9P2S2. The Kier molecular flexibility index (Phi) is 14.5. The molecule has 0 aliphatic rings. The first-order chi connectivity index (χ1) is 8.59. The van der Waals surface area contributed by atoms with Gasteiger partial charge in [-0.2, -0.15) is 0 Å². The molecular weight excluding hydrogens is 356 g/mol. The Morgan fingerprint density at radius 1 is 1.05 bits per heavy atom. The van der Waals surface area contributed by atoms with E-state index in [0.717, 1.165) is 4.90 Å². The van der Waals surface area contributed by atoms with Crippen LogP contribution in [0.5, 0.6) is 0 Å². The van der Waals surface area contributed by atoms with Crippen LogP contribution < -0.4 is 0 Å². The SMILES string of the molecule is CCOC(=O)N(C)C(C)=O.OP(O)(O)=S.OP(O)(O)=S. The Bertz CT molecular complexity index is 355. The van der Waals surface area contributed by atoms with Crippen molar-refractivity contribution in [3.8, 4) is 0 Å². The van der Waals surface area contributed by atoms with Gasteiger partial charge in [0.05, 0.1) is 6.61 Å². The highest BCUT2D eigenvalue weighted by molar-refractivity contribution is 8.06. The predicted molar refractivity (Wildman–Crippen MR) is 77.3 cm³/mol. The smallest absolute Gasteiger partial charge is 0.416 e. The molecule has 0 bridgehead atoms. The number of ether oxygens (including phenoxy) is 1. The van der Waals surface area contributed by atoms with E-state index in [1.165, 1.54) is 14.0 Å². The summed E-state index contributed by atoms with van der Waals surface area (Å²) in [4.78, 5) is 67.4. The standard InChI is InChI=1S/C6H11NO3.2H3O3PS/c1-4-10-6(9)7(3)5(2)8;2*1-4(2,3)5/h4H2,1-3H3;2*(H3,1,2,3,5). The van der Waals surface area contributed by atoms with Gasteiger partial charge in [0.1, 0.15) is 0 Å². The Balaban J connectivity index is -0.000000244. The third kappa shape index (κ3) is 43.0. The summed E-state index contributed by atoms with van der Waals surface area (Å²) in [6.45, 7) is -4.33. The molecule has 14 heteroatoms. The molecule has 0 aromatic carbocycles. The quantitative estimate of drug-likeness (QED) is 0.312. The number of carbonyl (C=O) groups is 2. The molecule has 10 nitrogen and oxygen atoms in total. The predicted octanol–water partition coefficient (Wildman–Crippen LogP) is -1.00. The van der Waals surface area contributed by atoms with Gasteiger partial charge >= 0.3 is 19.5 Å². The summed E-state index contributed by atoms with van der Waals surface area (Å²) in [7, 11) is 1.38. The van der Waals surface area contributed by atoms with Crippen molar-refractivity contribution in [2.75, 3.05) is 13.7 Å². The number of carbonyl (C=O) groups excluding carboxylic acids is 2. The van der Waals surface area contributed by atoms with Gasteiger partial charge in [0, 0.05) is 14.0 Å². The molecule has 0 spiro atoms. The number of rotatable bonds is 1. The maximum atomic E-state index is 10.7. The van der Waals surface area contributed by atoms with Crippen molar-refractivity contribution in [2.45, 2.75) is 13.8 Å². The van der Waals surface area contributed by atoms with E-state index in [0.29, 0.717) is 0 Å². The van der Waals surface area contributed by atoms with Crippen LogP contribution in [-0.4, -0.2) is 59.9 Å². The molecule has 0 aliphatic carbocycles. The first-order valence-electron chi connectivity index (χ1n) is 4.57. The Morgan fingerprint density at radius 2 is 1.30 bits per heavy atom. The van der Waals surface area contributed by atoms with Crippen LogP contribution in [0.2, 0.25) is 0 Å². The lowest BCUT2D eigenvalue weighted by atomic mass is 10.6. The maximum Gasteiger partial charge on any atom is 0.416 e. The fourth-order valence-electron chi connectivity index (χ4n) is 0.349. The van der Waals surface area contributed by atoms with E-state index in [1.54, 1.807) is 6.92 Å². The average Bonchev–Trinajstić information content (AvgIpc) is 2.11. The molecule has 0 saturated carbocycles. The number of hydrogen-bond donors (Lipinski definition) is 6. The highest BCUT2D eigenvalue weighted by Crippen LogP contribution is 2.26. The molecule has 0 atom stereocenters. The fourth-order valence-corrected chi connectivity index (χ4v) is 0.349. The highest BCUT2D eigenvalue weighted by Gasteiger charge is 2.11. The molecule has 122 valence electrons. The van der Waals surface area contributed by atoms with E-state index in [2.05, 4.69) is 28.4 Å². The van der Waals surface area contributed by atoms with E-state index in [1.807, 2.05) is 0 Å². The van der Waals surface area contributed by atoms with E-state index in [-0.39, 0.29) is 12.5 Å². The van der Waals surface area contributed by atoms with Crippen LogP contribution >= 0.6 is 13.4 Å². The van der Waals surface area contributed by atoms with E-state index < -0.39 is 19.5 Å². The van der Waals surface area contributed by atoms with E-state index in [4.69, 9.17) is 29.4 Å². The zero-order valence-corrected chi connectivity index (χ0v) is 14.2. The molecule has 0 heterocycles. The van der Waals surface area contributed by atoms with Crippen LogP contribution in [0.1, 0.15) is 13.8 Å². The molecule has 0 rings (SSSR count). The molecule has 0 saturated heterocycles. The molecule has 2 amide bonds. The van der Waals surface area contributed by atoms with Crippen molar-refractivity contribution in [3.63, 3.8) is 0 Å². The van der Waals surface area contributed by atoms with Gasteiger partial charge in [0.2, 0.25) is 5.91 Å². The van der Waals surface area contributed by atoms with Crippen molar-refractivity contribution in [3.05, 3.63) is 0 Å². The first kappa shape index (κ1) is 25.0. The number of imide groups is 1. The summed E-state index contributed by atoms with van der Waals surface area (Å²) in [5.41, 5.74) is 0. The summed E-state index contributed by atoms with van der Waals surface area (Å²) in [5, 5.41) is 0. The zero-order valence-electron chi connectivity index (χ0n) is 10.8. The molecule has 20 heavy (non-hydrogen) atoms.